The number of rotatable bonds is 9. The topological polar surface area (TPSA) is 52.3 Å². The van der Waals surface area contributed by atoms with E-state index in [0.29, 0.717) is 6.61 Å². The van der Waals surface area contributed by atoms with Gasteiger partial charge in [0.1, 0.15) is 12.4 Å². The van der Waals surface area contributed by atoms with Crippen LogP contribution < -0.4 is 20.9 Å². The Morgan fingerprint density at radius 1 is 1.03 bits per heavy atom. The van der Waals surface area contributed by atoms with Crippen molar-refractivity contribution in [2.75, 3.05) is 6.61 Å². The fourth-order valence-electron chi connectivity index (χ4n) is 3.46. The zero-order valence-corrected chi connectivity index (χ0v) is 23.2. The highest BCUT2D eigenvalue weighted by molar-refractivity contribution is 5.86. The summed E-state index contributed by atoms with van der Waals surface area (Å²) in [5.41, 5.74) is 9.74. The van der Waals surface area contributed by atoms with Gasteiger partial charge in [-0.15, -0.1) is 0 Å². The lowest BCUT2D eigenvalue weighted by Crippen LogP contribution is -2.21. The highest BCUT2D eigenvalue weighted by Crippen LogP contribution is 2.20. The second kappa shape index (κ2) is 18.4. The summed E-state index contributed by atoms with van der Waals surface area (Å²) in [5.74, 6) is 0.369. The average Bonchev–Trinajstić information content (AvgIpc) is 3.16. The molecule has 0 unspecified atom stereocenters. The zero-order valence-electron chi connectivity index (χ0n) is 23.2. The van der Waals surface area contributed by atoms with Crippen molar-refractivity contribution >= 4 is 18.6 Å². The summed E-state index contributed by atoms with van der Waals surface area (Å²) < 4.78 is 6.08. The van der Waals surface area contributed by atoms with E-state index >= 15 is 0 Å². The number of hydrogen-bond donors (Lipinski definition) is 1. The van der Waals surface area contributed by atoms with Crippen LogP contribution in [0.25, 0.3) is 12.7 Å². The summed E-state index contributed by atoms with van der Waals surface area (Å²) in [6, 6.07) is 16.4. The molecule has 37 heavy (non-hydrogen) atoms. The lowest BCUT2D eigenvalue weighted by molar-refractivity contribution is -0.113. The van der Waals surface area contributed by atoms with E-state index in [1.165, 1.54) is 17.2 Å². The maximum Gasteiger partial charge on any atom is 0.241 e. The predicted octanol–water partition coefficient (Wildman–Crippen LogP) is 6.74. The van der Waals surface area contributed by atoms with E-state index in [-0.39, 0.29) is 0 Å². The normalized spacial score (nSPS) is 13.4. The van der Waals surface area contributed by atoms with Gasteiger partial charge in [0, 0.05) is 6.08 Å². The summed E-state index contributed by atoms with van der Waals surface area (Å²) in [7, 11) is 0. The Morgan fingerprint density at radius 2 is 1.76 bits per heavy atom. The third-order valence-electron chi connectivity index (χ3n) is 5.39. The number of allylic oxidation sites excluding steroid dienone is 7. The molecule has 0 saturated carbocycles. The van der Waals surface area contributed by atoms with Crippen molar-refractivity contribution < 1.29 is 9.53 Å². The first-order valence-corrected chi connectivity index (χ1v) is 13.2. The fourth-order valence-corrected chi connectivity index (χ4v) is 3.46. The number of amides is 1. The van der Waals surface area contributed by atoms with E-state index in [1.807, 2.05) is 76.3 Å². The van der Waals surface area contributed by atoms with Crippen LogP contribution in [0.3, 0.4) is 0 Å². The molecule has 1 aliphatic rings. The Morgan fingerprint density at radius 3 is 2.49 bits per heavy atom. The molecule has 0 spiro atoms. The SMILES string of the molecule is C=c1cccc/c1=C/C=C(\C)CCc1cccc(OCC2=C(/C=C/C(N)=O)C=CCC=C2)c1.CC.CC. The van der Waals surface area contributed by atoms with Gasteiger partial charge in [0.15, 0.2) is 0 Å². The maximum atomic E-state index is 11.1. The first kappa shape index (κ1) is 31.2. The summed E-state index contributed by atoms with van der Waals surface area (Å²) in [6.45, 7) is 14.6. The minimum absolute atomic E-state index is 0.418. The third kappa shape index (κ3) is 12.1. The quantitative estimate of drug-likeness (QED) is 0.390. The molecule has 0 radical (unpaired) electrons. The number of carbonyl (C=O) groups is 1. The molecule has 196 valence electrons. The van der Waals surface area contributed by atoms with Crippen LogP contribution in [0, 0.1) is 0 Å². The molecule has 2 aromatic rings. The van der Waals surface area contributed by atoms with Gasteiger partial charge in [-0.1, -0.05) is 113 Å². The Labute approximate surface area is 223 Å². The summed E-state index contributed by atoms with van der Waals surface area (Å²) in [5, 5.41) is 2.18. The minimum atomic E-state index is -0.463. The van der Waals surface area contributed by atoms with Crippen molar-refractivity contribution in [2.24, 2.45) is 5.73 Å². The molecule has 2 N–H and O–H groups in total. The van der Waals surface area contributed by atoms with Gasteiger partial charge < -0.3 is 10.5 Å². The summed E-state index contributed by atoms with van der Waals surface area (Å²) in [6.07, 6.45) is 18.3. The molecule has 0 heterocycles. The smallest absolute Gasteiger partial charge is 0.241 e. The number of aryl methyl sites for hydroxylation is 1. The molecule has 0 fully saturated rings. The van der Waals surface area contributed by atoms with Crippen molar-refractivity contribution in [3.05, 3.63) is 124 Å². The lowest BCUT2D eigenvalue weighted by Gasteiger charge is -2.10. The molecule has 0 bridgehead atoms. The van der Waals surface area contributed by atoms with E-state index in [0.717, 1.165) is 46.6 Å². The molecule has 1 aliphatic carbocycles. The molecule has 0 aliphatic heterocycles. The fraction of sp³-hybridized carbons (Fsp3) is 0.265. The van der Waals surface area contributed by atoms with E-state index in [9.17, 15) is 4.79 Å². The van der Waals surface area contributed by atoms with Crippen LogP contribution in [0.5, 0.6) is 5.75 Å². The largest absolute Gasteiger partial charge is 0.489 e. The maximum absolute atomic E-state index is 11.1. The number of carbonyl (C=O) groups excluding carboxylic acids is 1. The number of nitrogens with two attached hydrogens (primary N) is 1. The Balaban J connectivity index is 0.00000163. The van der Waals surface area contributed by atoms with Crippen molar-refractivity contribution in [2.45, 2.75) is 53.9 Å². The highest BCUT2D eigenvalue weighted by atomic mass is 16.5. The standard InChI is InChI=1S/C30H31NO2.2C2H6/c1-23(16-18-26-11-7-6-9-24(26)2)15-17-25-10-8-14-29(21-25)33-22-28-13-5-3-4-12-27(28)19-20-30(31)32;2*1-2/h4-14,16,18-21H,2-3,15,17,22H2,1H3,(H2,31,32);2*1-2H3/b20-19+,23-16+,26-18-;;. The van der Waals surface area contributed by atoms with Crippen LogP contribution in [-0.4, -0.2) is 12.5 Å². The highest BCUT2D eigenvalue weighted by Gasteiger charge is 2.05. The van der Waals surface area contributed by atoms with Crippen LogP contribution >= 0.6 is 0 Å². The molecule has 1 amide bonds. The van der Waals surface area contributed by atoms with Gasteiger partial charge >= 0.3 is 0 Å². The van der Waals surface area contributed by atoms with Gasteiger partial charge in [0.2, 0.25) is 5.91 Å². The van der Waals surface area contributed by atoms with Crippen LogP contribution in [0.1, 0.15) is 53.0 Å². The molecule has 3 nitrogen and oxygen atoms in total. The number of benzene rings is 2. The van der Waals surface area contributed by atoms with E-state index in [2.05, 4.69) is 49.9 Å². The Hall–Kier alpha value is -3.85. The van der Waals surface area contributed by atoms with E-state index in [1.54, 1.807) is 6.08 Å². The van der Waals surface area contributed by atoms with Gasteiger partial charge in [-0.25, -0.2) is 0 Å². The van der Waals surface area contributed by atoms with Crippen LogP contribution in [0.15, 0.2) is 108 Å². The molecular formula is C34H43NO2. The summed E-state index contributed by atoms with van der Waals surface area (Å²) in [4.78, 5) is 11.1. The van der Waals surface area contributed by atoms with E-state index in [4.69, 9.17) is 10.5 Å². The number of hydrogen-bond acceptors (Lipinski definition) is 2. The van der Waals surface area contributed by atoms with Gasteiger partial charge in [-0.2, -0.15) is 0 Å². The minimum Gasteiger partial charge on any atom is -0.489 e. The molecule has 0 atom stereocenters. The van der Waals surface area contributed by atoms with Crippen LogP contribution in [0.4, 0.5) is 0 Å². The van der Waals surface area contributed by atoms with Crippen molar-refractivity contribution in [1.82, 2.24) is 0 Å². The molecule has 0 aromatic heterocycles. The summed E-state index contributed by atoms with van der Waals surface area (Å²) >= 11 is 0. The molecule has 3 heteroatoms. The van der Waals surface area contributed by atoms with Gasteiger partial charge in [0.25, 0.3) is 0 Å². The molecule has 0 saturated heterocycles. The first-order valence-electron chi connectivity index (χ1n) is 13.2. The number of ether oxygens (including phenoxy) is 1. The molecule has 2 aromatic carbocycles. The average molecular weight is 498 g/mol. The Bertz CT molecular complexity index is 1240. The van der Waals surface area contributed by atoms with Crippen molar-refractivity contribution in [3.63, 3.8) is 0 Å². The monoisotopic (exact) mass is 497 g/mol. The molecular weight excluding hydrogens is 454 g/mol. The lowest BCUT2D eigenvalue weighted by atomic mass is 10.0. The predicted molar refractivity (Wildman–Crippen MR) is 161 cm³/mol. The van der Waals surface area contributed by atoms with Crippen LogP contribution in [0.2, 0.25) is 0 Å². The van der Waals surface area contributed by atoms with Gasteiger partial charge in [-0.3, -0.25) is 4.79 Å². The van der Waals surface area contributed by atoms with Gasteiger partial charge in [0.05, 0.1) is 0 Å². The first-order chi connectivity index (χ1) is 18.0. The van der Waals surface area contributed by atoms with Gasteiger partial charge in [-0.05, 0) is 71.5 Å². The third-order valence-corrected chi connectivity index (χ3v) is 5.39. The second-order valence-electron chi connectivity index (χ2n) is 8.07. The number of primary amides is 1. The van der Waals surface area contributed by atoms with Crippen molar-refractivity contribution in [3.8, 4) is 5.75 Å². The van der Waals surface area contributed by atoms with E-state index < -0.39 is 5.91 Å². The van der Waals surface area contributed by atoms with Crippen LogP contribution in [-0.2, 0) is 11.2 Å². The molecule has 3 rings (SSSR count). The second-order valence-corrected chi connectivity index (χ2v) is 8.07. The Kier molecular flexibility index (Phi) is 15.5. The zero-order chi connectivity index (χ0) is 27.5. The van der Waals surface area contributed by atoms with Crippen molar-refractivity contribution in [1.29, 1.82) is 0 Å².